The van der Waals surface area contributed by atoms with Crippen LogP contribution >= 0.6 is 0 Å². The van der Waals surface area contributed by atoms with Gasteiger partial charge in [0.25, 0.3) is 5.91 Å². The van der Waals surface area contributed by atoms with Crippen molar-refractivity contribution in [3.05, 3.63) is 59.7 Å². The quantitative estimate of drug-likeness (QED) is 0.809. The molecule has 0 unspecified atom stereocenters. The van der Waals surface area contributed by atoms with Gasteiger partial charge in [-0.05, 0) is 24.6 Å². The number of carbonyl (C=O) groups is 2. The Bertz CT molecular complexity index is 709. The smallest absolute Gasteiger partial charge is 0.251 e. The Morgan fingerprint density at radius 1 is 1.00 bits per heavy atom. The number of amides is 2. The Morgan fingerprint density at radius 2 is 1.60 bits per heavy atom. The molecule has 0 aromatic heterocycles. The zero-order valence-corrected chi connectivity index (χ0v) is 14.5. The van der Waals surface area contributed by atoms with Crippen molar-refractivity contribution in [1.82, 2.24) is 10.6 Å². The van der Waals surface area contributed by atoms with Crippen molar-refractivity contribution in [3.63, 3.8) is 0 Å². The lowest BCUT2D eigenvalue weighted by atomic mass is 10.1. The fourth-order valence-corrected chi connectivity index (χ4v) is 2.32. The van der Waals surface area contributed by atoms with E-state index in [-0.39, 0.29) is 24.4 Å². The lowest BCUT2D eigenvalue weighted by Crippen LogP contribution is -2.38. The van der Waals surface area contributed by atoms with Gasteiger partial charge in [-0.1, -0.05) is 30.3 Å². The second-order valence-electron chi connectivity index (χ2n) is 5.48. The van der Waals surface area contributed by atoms with Crippen LogP contribution in [-0.2, 0) is 4.79 Å². The first-order valence-corrected chi connectivity index (χ1v) is 7.89. The zero-order chi connectivity index (χ0) is 18.2. The van der Waals surface area contributed by atoms with Crippen LogP contribution in [0.15, 0.2) is 48.5 Å². The van der Waals surface area contributed by atoms with Crippen LogP contribution in [0.4, 0.5) is 0 Å². The summed E-state index contributed by atoms with van der Waals surface area (Å²) in [5, 5.41) is 5.44. The van der Waals surface area contributed by atoms with Crippen LogP contribution in [0.1, 0.15) is 28.9 Å². The van der Waals surface area contributed by atoms with Crippen LogP contribution in [0.5, 0.6) is 11.5 Å². The van der Waals surface area contributed by atoms with Crippen molar-refractivity contribution in [2.75, 3.05) is 20.8 Å². The van der Waals surface area contributed by atoms with E-state index in [4.69, 9.17) is 9.47 Å². The van der Waals surface area contributed by atoms with E-state index in [0.29, 0.717) is 17.1 Å². The minimum absolute atomic E-state index is 0.116. The van der Waals surface area contributed by atoms with E-state index in [0.717, 1.165) is 5.56 Å². The number of ether oxygens (including phenoxy) is 2. The molecular weight excluding hydrogens is 320 g/mol. The Hall–Kier alpha value is -3.02. The fraction of sp³-hybridized carbons (Fsp3) is 0.263. The number of rotatable bonds is 7. The van der Waals surface area contributed by atoms with Crippen LogP contribution in [0.2, 0.25) is 0 Å². The average Bonchev–Trinajstić information content (AvgIpc) is 2.66. The second kappa shape index (κ2) is 8.73. The summed E-state index contributed by atoms with van der Waals surface area (Å²) in [5.41, 5.74) is 1.36. The molecule has 2 aromatic rings. The number of hydrogen-bond acceptors (Lipinski definition) is 4. The van der Waals surface area contributed by atoms with Crippen molar-refractivity contribution < 1.29 is 19.1 Å². The fourth-order valence-electron chi connectivity index (χ4n) is 2.32. The molecule has 0 spiro atoms. The Morgan fingerprint density at radius 3 is 2.16 bits per heavy atom. The minimum Gasteiger partial charge on any atom is -0.497 e. The summed E-state index contributed by atoms with van der Waals surface area (Å²) in [5.74, 6) is 0.373. The van der Waals surface area contributed by atoms with Crippen molar-refractivity contribution >= 4 is 11.8 Å². The van der Waals surface area contributed by atoms with Crippen molar-refractivity contribution in [3.8, 4) is 11.5 Å². The predicted molar refractivity (Wildman–Crippen MR) is 94.9 cm³/mol. The molecule has 0 bridgehead atoms. The topological polar surface area (TPSA) is 76.7 Å². The molecule has 0 heterocycles. The zero-order valence-electron chi connectivity index (χ0n) is 14.5. The third kappa shape index (κ3) is 5.24. The van der Waals surface area contributed by atoms with Gasteiger partial charge >= 0.3 is 0 Å². The maximum absolute atomic E-state index is 12.2. The highest BCUT2D eigenvalue weighted by molar-refractivity contribution is 5.97. The number of nitrogens with one attached hydrogen (secondary N) is 2. The van der Waals surface area contributed by atoms with Crippen LogP contribution in [0, 0.1) is 0 Å². The SMILES string of the molecule is COc1cc(OC)cc(C(=O)NCC(=O)N[C@@H](C)c2ccccc2)c1. The summed E-state index contributed by atoms with van der Waals surface area (Å²) in [4.78, 5) is 24.3. The molecule has 0 saturated heterocycles. The van der Waals surface area contributed by atoms with E-state index in [1.165, 1.54) is 14.2 Å². The van der Waals surface area contributed by atoms with E-state index in [2.05, 4.69) is 10.6 Å². The predicted octanol–water partition coefficient (Wildman–Crippen LogP) is 2.31. The lowest BCUT2D eigenvalue weighted by Gasteiger charge is -2.15. The molecule has 2 N–H and O–H groups in total. The summed E-state index contributed by atoms with van der Waals surface area (Å²) < 4.78 is 10.3. The van der Waals surface area contributed by atoms with Gasteiger partial charge in [0.1, 0.15) is 11.5 Å². The third-order valence-corrected chi connectivity index (χ3v) is 3.70. The van der Waals surface area contributed by atoms with Crippen molar-refractivity contribution in [2.24, 2.45) is 0 Å². The molecule has 2 aromatic carbocycles. The van der Waals surface area contributed by atoms with Gasteiger partial charge in [0.05, 0.1) is 26.8 Å². The third-order valence-electron chi connectivity index (χ3n) is 3.70. The van der Waals surface area contributed by atoms with Crippen molar-refractivity contribution in [2.45, 2.75) is 13.0 Å². The second-order valence-corrected chi connectivity index (χ2v) is 5.48. The molecule has 0 radical (unpaired) electrons. The maximum atomic E-state index is 12.2. The van der Waals surface area contributed by atoms with E-state index >= 15 is 0 Å². The largest absolute Gasteiger partial charge is 0.497 e. The molecule has 1 atom stereocenters. The molecular formula is C19H22N2O4. The molecule has 25 heavy (non-hydrogen) atoms. The van der Waals surface area contributed by atoms with Gasteiger partial charge < -0.3 is 20.1 Å². The molecule has 6 nitrogen and oxygen atoms in total. The Labute approximate surface area is 147 Å². The van der Waals surface area contributed by atoms with Crippen molar-refractivity contribution in [1.29, 1.82) is 0 Å². The molecule has 0 fully saturated rings. The molecule has 0 aliphatic carbocycles. The average molecular weight is 342 g/mol. The summed E-state index contributed by atoms with van der Waals surface area (Å²) >= 11 is 0. The van der Waals surface area contributed by atoms with E-state index < -0.39 is 0 Å². The summed E-state index contributed by atoms with van der Waals surface area (Å²) in [6.45, 7) is 1.78. The maximum Gasteiger partial charge on any atom is 0.251 e. The Kier molecular flexibility index (Phi) is 6.39. The molecule has 132 valence electrons. The van der Waals surface area contributed by atoms with Gasteiger partial charge in [0.15, 0.2) is 0 Å². The van der Waals surface area contributed by atoms with Crippen LogP contribution < -0.4 is 20.1 Å². The number of benzene rings is 2. The van der Waals surface area contributed by atoms with E-state index in [1.807, 2.05) is 37.3 Å². The number of methoxy groups -OCH3 is 2. The molecule has 6 heteroatoms. The minimum atomic E-state index is -0.375. The summed E-state index contributed by atoms with van der Waals surface area (Å²) in [7, 11) is 3.02. The van der Waals surface area contributed by atoms with Gasteiger partial charge in [-0.2, -0.15) is 0 Å². The van der Waals surface area contributed by atoms with Crippen LogP contribution in [0.25, 0.3) is 0 Å². The van der Waals surface area contributed by atoms with Gasteiger partial charge in [0.2, 0.25) is 5.91 Å². The van der Waals surface area contributed by atoms with Gasteiger partial charge in [-0.15, -0.1) is 0 Å². The monoisotopic (exact) mass is 342 g/mol. The Balaban J connectivity index is 1.92. The summed E-state index contributed by atoms with van der Waals surface area (Å²) in [6, 6.07) is 14.3. The molecule has 0 saturated carbocycles. The first-order valence-electron chi connectivity index (χ1n) is 7.89. The normalized spacial score (nSPS) is 11.3. The van der Waals surface area contributed by atoms with Gasteiger partial charge in [0, 0.05) is 11.6 Å². The van der Waals surface area contributed by atoms with Gasteiger partial charge in [-0.25, -0.2) is 0 Å². The number of carbonyl (C=O) groups excluding carboxylic acids is 2. The van der Waals surface area contributed by atoms with E-state index in [1.54, 1.807) is 18.2 Å². The van der Waals surface area contributed by atoms with E-state index in [9.17, 15) is 9.59 Å². The molecule has 0 aliphatic rings. The molecule has 2 rings (SSSR count). The number of hydrogen-bond donors (Lipinski definition) is 2. The molecule has 0 aliphatic heterocycles. The van der Waals surface area contributed by atoms with Crippen LogP contribution in [-0.4, -0.2) is 32.6 Å². The van der Waals surface area contributed by atoms with Gasteiger partial charge in [-0.3, -0.25) is 9.59 Å². The standard InChI is InChI=1S/C19H22N2O4/c1-13(14-7-5-4-6-8-14)21-18(22)12-20-19(23)15-9-16(24-2)11-17(10-15)25-3/h4-11,13H,12H2,1-3H3,(H,20,23)(H,21,22)/t13-/m0/s1. The lowest BCUT2D eigenvalue weighted by molar-refractivity contribution is -0.120. The highest BCUT2D eigenvalue weighted by atomic mass is 16.5. The molecule has 2 amide bonds. The summed E-state index contributed by atoms with van der Waals surface area (Å²) in [6.07, 6.45) is 0. The first kappa shape index (κ1) is 18.3. The van der Waals surface area contributed by atoms with Crippen LogP contribution in [0.3, 0.4) is 0 Å². The first-order chi connectivity index (χ1) is 12.0. The highest BCUT2D eigenvalue weighted by Crippen LogP contribution is 2.22. The highest BCUT2D eigenvalue weighted by Gasteiger charge is 2.13.